The smallest absolute Gasteiger partial charge is 0.0790 e. The predicted molar refractivity (Wildman–Crippen MR) is 41.6 cm³/mol. The van der Waals surface area contributed by atoms with E-state index in [1.165, 1.54) is 38.5 Å². The molecule has 1 N–H and O–H groups in total. The van der Waals surface area contributed by atoms with Gasteiger partial charge < -0.3 is 0 Å². The lowest BCUT2D eigenvalue weighted by molar-refractivity contribution is -0.0192. The van der Waals surface area contributed by atoms with Crippen molar-refractivity contribution in [3.05, 3.63) is 0 Å². The second-order valence-electron chi connectivity index (χ2n) is 2.94. The number of nitrogens with one attached hydrogen (secondary N) is 1. The maximum absolute atomic E-state index is 5.31. The molecule has 2 heteroatoms. The summed E-state index contributed by atoms with van der Waals surface area (Å²) in [6.45, 7) is 0. The first-order valence-electron chi connectivity index (χ1n) is 4.26. The minimum atomic E-state index is 0.479. The van der Waals surface area contributed by atoms with Crippen LogP contribution >= 0.6 is 0 Å². The van der Waals surface area contributed by atoms with Crippen LogP contribution in [0.1, 0.15) is 38.5 Å². The summed E-state index contributed by atoms with van der Waals surface area (Å²) in [7, 11) is 1.84. The Morgan fingerprint density at radius 3 is 2.20 bits per heavy atom. The van der Waals surface area contributed by atoms with Crippen molar-refractivity contribution < 1.29 is 4.84 Å². The molecule has 10 heavy (non-hydrogen) atoms. The molecule has 0 aromatic heterocycles. The van der Waals surface area contributed by atoms with Gasteiger partial charge in [0.05, 0.1) is 6.10 Å². The SMILES string of the molecule is CNOC1CCCCCC1. The Morgan fingerprint density at radius 1 is 1.10 bits per heavy atom. The number of hydrogen-bond donors (Lipinski definition) is 1. The van der Waals surface area contributed by atoms with Crippen LogP contribution in [0.5, 0.6) is 0 Å². The van der Waals surface area contributed by atoms with Crippen molar-refractivity contribution in [2.75, 3.05) is 7.05 Å². The topological polar surface area (TPSA) is 21.3 Å². The van der Waals surface area contributed by atoms with Crippen LogP contribution < -0.4 is 5.48 Å². The summed E-state index contributed by atoms with van der Waals surface area (Å²) in [6, 6.07) is 0. The fourth-order valence-corrected chi connectivity index (χ4v) is 1.53. The Balaban J connectivity index is 2.15. The highest BCUT2D eigenvalue weighted by atomic mass is 16.7. The summed E-state index contributed by atoms with van der Waals surface area (Å²) in [5.41, 5.74) is 2.77. The van der Waals surface area contributed by atoms with E-state index in [0.29, 0.717) is 6.10 Å². The molecule has 0 saturated heterocycles. The summed E-state index contributed by atoms with van der Waals surface area (Å²) in [5, 5.41) is 0. The van der Waals surface area contributed by atoms with Gasteiger partial charge in [0.15, 0.2) is 0 Å². The van der Waals surface area contributed by atoms with Crippen LogP contribution in [0, 0.1) is 0 Å². The molecule has 0 bridgehead atoms. The van der Waals surface area contributed by atoms with Crippen molar-refractivity contribution in [1.29, 1.82) is 0 Å². The maximum atomic E-state index is 5.31. The van der Waals surface area contributed by atoms with E-state index in [9.17, 15) is 0 Å². The third-order valence-corrected chi connectivity index (χ3v) is 2.09. The van der Waals surface area contributed by atoms with E-state index in [2.05, 4.69) is 5.48 Å². The first-order valence-corrected chi connectivity index (χ1v) is 4.26. The third kappa shape index (κ3) is 2.67. The van der Waals surface area contributed by atoms with Gasteiger partial charge in [-0.15, -0.1) is 0 Å². The van der Waals surface area contributed by atoms with Crippen LogP contribution in [0.4, 0.5) is 0 Å². The maximum Gasteiger partial charge on any atom is 0.0790 e. The van der Waals surface area contributed by atoms with Crippen LogP contribution in [0.25, 0.3) is 0 Å². The molecule has 0 atom stereocenters. The second kappa shape index (κ2) is 4.69. The normalized spacial score (nSPS) is 22.5. The number of rotatable bonds is 2. The fraction of sp³-hybridized carbons (Fsp3) is 1.00. The molecule has 0 amide bonds. The molecule has 1 aliphatic rings. The fourth-order valence-electron chi connectivity index (χ4n) is 1.53. The molecule has 60 valence electrons. The van der Waals surface area contributed by atoms with Gasteiger partial charge in [-0.2, -0.15) is 0 Å². The molecule has 0 heterocycles. The third-order valence-electron chi connectivity index (χ3n) is 2.09. The largest absolute Gasteiger partial charge is 0.299 e. The van der Waals surface area contributed by atoms with Crippen molar-refractivity contribution in [3.63, 3.8) is 0 Å². The zero-order valence-corrected chi connectivity index (χ0v) is 6.73. The van der Waals surface area contributed by atoms with E-state index in [1.807, 2.05) is 7.05 Å². The standard InChI is InChI=1S/C8H17NO/c1-9-10-8-6-4-2-3-5-7-8/h8-9H,2-7H2,1H3. The van der Waals surface area contributed by atoms with E-state index in [0.717, 1.165) is 0 Å². The lowest BCUT2D eigenvalue weighted by Crippen LogP contribution is -2.19. The van der Waals surface area contributed by atoms with Crippen LogP contribution in [-0.4, -0.2) is 13.2 Å². The van der Waals surface area contributed by atoms with Crippen LogP contribution in [0.2, 0.25) is 0 Å². The van der Waals surface area contributed by atoms with E-state index >= 15 is 0 Å². The highest BCUT2D eigenvalue weighted by molar-refractivity contribution is 4.62. The van der Waals surface area contributed by atoms with Gasteiger partial charge in [-0.1, -0.05) is 25.7 Å². The van der Waals surface area contributed by atoms with E-state index in [4.69, 9.17) is 4.84 Å². The van der Waals surface area contributed by atoms with E-state index in [1.54, 1.807) is 0 Å². The Bertz CT molecular complexity index is 77.3. The Kier molecular flexibility index (Phi) is 3.76. The van der Waals surface area contributed by atoms with E-state index in [-0.39, 0.29) is 0 Å². The first-order chi connectivity index (χ1) is 4.93. The summed E-state index contributed by atoms with van der Waals surface area (Å²) >= 11 is 0. The van der Waals surface area contributed by atoms with Gasteiger partial charge >= 0.3 is 0 Å². The summed E-state index contributed by atoms with van der Waals surface area (Å²) in [4.78, 5) is 5.31. The number of hydrogen-bond acceptors (Lipinski definition) is 2. The van der Waals surface area contributed by atoms with Crippen molar-refractivity contribution in [2.45, 2.75) is 44.6 Å². The molecule has 0 aliphatic heterocycles. The average Bonchev–Trinajstić information content (AvgIpc) is 2.17. The molecule has 0 aromatic rings. The highest BCUT2D eigenvalue weighted by Gasteiger charge is 2.11. The van der Waals surface area contributed by atoms with Gasteiger partial charge in [-0.25, -0.2) is 5.48 Å². The Morgan fingerprint density at radius 2 is 1.70 bits per heavy atom. The molecular formula is C8H17NO. The molecule has 1 saturated carbocycles. The highest BCUT2D eigenvalue weighted by Crippen LogP contribution is 2.18. The molecule has 1 aliphatic carbocycles. The quantitative estimate of drug-likeness (QED) is 0.470. The Hall–Kier alpha value is -0.0800. The van der Waals surface area contributed by atoms with Crippen LogP contribution in [0.15, 0.2) is 0 Å². The minimum Gasteiger partial charge on any atom is -0.299 e. The van der Waals surface area contributed by atoms with Gasteiger partial charge in [0, 0.05) is 7.05 Å². The Labute approximate surface area is 62.9 Å². The lowest BCUT2D eigenvalue weighted by Gasteiger charge is -2.12. The van der Waals surface area contributed by atoms with Crippen LogP contribution in [-0.2, 0) is 4.84 Å². The van der Waals surface area contributed by atoms with Crippen molar-refractivity contribution in [2.24, 2.45) is 0 Å². The molecule has 0 unspecified atom stereocenters. The summed E-state index contributed by atoms with van der Waals surface area (Å²) < 4.78 is 0. The molecule has 2 nitrogen and oxygen atoms in total. The van der Waals surface area contributed by atoms with Gasteiger partial charge in [0.1, 0.15) is 0 Å². The summed E-state index contributed by atoms with van der Waals surface area (Å²) in [6.07, 6.45) is 8.42. The lowest BCUT2D eigenvalue weighted by atomic mass is 10.2. The zero-order chi connectivity index (χ0) is 7.23. The van der Waals surface area contributed by atoms with Gasteiger partial charge in [0.2, 0.25) is 0 Å². The van der Waals surface area contributed by atoms with Crippen LogP contribution in [0.3, 0.4) is 0 Å². The van der Waals surface area contributed by atoms with Gasteiger partial charge in [0.25, 0.3) is 0 Å². The summed E-state index contributed by atoms with van der Waals surface area (Å²) in [5.74, 6) is 0. The predicted octanol–water partition coefficient (Wildman–Crippen LogP) is 1.86. The molecule has 0 radical (unpaired) electrons. The monoisotopic (exact) mass is 143 g/mol. The molecule has 0 aromatic carbocycles. The van der Waals surface area contributed by atoms with Gasteiger partial charge in [-0.3, -0.25) is 4.84 Å². The van der Waals surface area contributed by atoms with Crippen molar-refractivity contribution in [1.82, 2.24) is 5.48 Å². The number of hydroxylamine groups is 1. The second-order valence-corrected chi connectivity index (χ2v) is 2.94. The van der Waals surface area contributed by atoms with Crippen molar-refractivity contribution in [3.8, 4) is 0 Å². The van der Waals surface area contributed by atoms with Gasteiger partial charge in [-0.05, 0) is 12.8 Å². The zero-order valence-electron chi connectivity index (χ0n) is 6.73. The molecule has 1 fully saturated rings. The van der Waals surface area contributed by atoms with Crippen molar-refractivity contribution >= 4 is 0 Å². The minimum absolute atomic E-state index is 0.479. The molecule has 1 rings (SSSR count). The molecule has 0 spiro atoms. The van der Waals surface area contributed by atoms with E-state index < -0.39 is 0 Å². The first kappa shape index (κ1) is 8.02. The molecular weight excluding hydrogens is 126 g/mol. The average molecular weight is 143 g/mol.